The molecule has 1 aromatic rings. The molecule has 0 bridgehead atoms. The van der Waals surface area contributed by atoms with Crippen molar-refractivity contribution in [3.05, 3.63) is 29.8 Å². The van der Waals surface area contributed by atoms with Crippen molar-refractivity contribution in [1.29, 1.82) is 0 Å². The summed E-state index contributed by atoms with van der Waals surface area (Å²) in [5.74, 6) is 0. The molecule has 7 heteroatoms. The van der Waals surface area contributed by atoms with E-state index in [0.717, 1.165) is 6.42 Å². The summed E-state index contributed by atoms with van der Waals surface area (Å²) in [7, 11) is -3.54. The van der Waals surface area contributed by atoms with Crippen LogP contribution in [0, 0.1) is 0 Å². The monoisotopic (exact) mass is 283 g/mol. The maximum absolute atomic E-state index is 12.2. The minimum atomic E-state index is -3.54. The number of anilines is 1. The van der Waals surface area contributed by atoms with E-state index >= 15 is 0 Å². The molecule has 2 rings (SSSR count). The fourth-order valence-corrected chi connectivity index (χ4v) is 3.43. The van der Waals surface area contributed by atoms with Crippen molar-refractivity contribution in [3.8, 4) is 0 Å². The average Bonchev–Trinajstić information content (AvgIpc) is 2.43. The van der Waals surface area contributed by atoms with Crippen LogP contribution in [0.3, 0.4) is 0 Å². The molecule has 1 aliphatic rings. The zero-order chi connectivity index (χ0) is 13.9. The second kappa shape index (κ2) is 5.58. The number of nitrogens with zero attached hydrogens (tertiary/aromatic N) is 2. The van der Waals surface area contributed by atoms with Gasteiger partial charge in [-0.05, 0) is 12.5 Å². The van der Waals surface area contributed by atoms with Gasteiger partial charge in [-0.15, -0.1) is 0 Å². The van der Waals surface area contributed by atoms with Crippen molar-refractivity contribution in [2.75, 3.05) is 17.4 Å². The minimum absolute atomic E-state index is 0.273. The van der Waals surface area contributed by atoms with Gasteiger partial charge in [0.05, 0.1) is 11.4 Å². The molecule has 0 unspecified atom stereocenters. The number of rotatable bonds is 4. The average molecular weight is 283 g/mol. The molecule has 19 heavy (non-hydrogen) atoms. The molecule has 2 N–H and O–H groups in total. The molecule has 1 aromatic carbocycles. The van der Waals surface area contributed by atoms with Crippen LogP contribution in [0.25, 0.3) is 0 Å². The van der Waals surface area contributed by atoms with Crippen molar-refractivity contribution in [2.45, 2.75) is 19.8 Å². The lowest BCUT2D eigenvalue weighted by atomic mass is 10.0. The largest absolute Gasteiger partial charge is 0.411 e. The van der Waals surface area contributed by atoms with Gasteiger partial charge in [0, 0.05) is 25.1 Å². The smallest absolute Gasteiger partial charge is 0.301 e. The van der Waals surface area contributed by atoms with Crippen LogP contribution >= 0.6 is 0 Å². The van der Waals surface area contributed by atoms with Crippen LogP contribution in [0.5, 0.6) is 0 Å². The molecule has 0 atom stereocenters. The maximum Gasteiger partial charge on any atom is 0.301 e. The van der Waals surface area contributed by atoms with Crippen molar-refractivity contribution in [1.82, 2.24) is 4.72 Å². The van der Waals surface area contributed by atoms with Gasteiger partial charge in [0.15, 0.2) is 0 Å². The highest BCUT2D eigenvalue weighted by atomic mass is 32.2. The van der Waals surface area contributed by atoms with E-state index in [1.54, 1.807) is 24.3 Å². The summed E-state index contributed by atoms with van der Waals surface area (Å²) in [4.78, 5) is 0. The van der Waals surface area contributed by atoms with Gasteiger partial charge in [0.25, 0.3) is 0 Å². The Bertz CT molecular complexity index is 584. The Morgan fingerprint density at radius 2 is 2.16 bits per heavy atom. The van der Waals surface area contributed by atoms with E-state index in [-0.39, 0.29) is 6.54 Å². The molecule has 0 saturated carbocycles. The summed E-state index contributed by atoms with van der Waals surface area (Å²) in [6, 6.07) is 7.03. The highest BCUT2D eigenvalue weighted by Crippen LogP contribution is 2.28. The van der Waals surface area contributed by atoms with E-state index in [9.17, 15) is 8.42 Å². The zero-order valence-corrected chi connectivity index (χ0v) is 11.5. The van der Waals surface area contributed by atoms with E-state index < -0.39 is 10.2 Å². The van der Waals surface area contributed by atoms with E-state index in [4.69, 9.17) is 5.21 Å². The Balaban J connectivity index is 2.40. The third-order valence-electron chi connectivity index (χ3n) is 2.98. The Morgan fingerprint density at radius 3 is 2.84 bits per heavy atom. The Morgan fingerprint density at radius 1 is 1.42 bits per heavy atom. The van der Waals surface area contributed by atoms with Gasteiger partial charge in [0.2, 0.25) is 0 Å². The van der Waals surface area contributed by atoms with Gasteiger partial charge < -0.3 is 5.21 Å². The molecule has 1 heterocycles. The molecule has 0 saturated heterocycles. The summed E-state index contributed by atoms with van der Waals surface area (Å²) >= 11 is 0. The Labute approximate surface area is 112 Å². The van der Waals surface area contributed by atoms with Crippen LogP contribution in [-0.4, -0.2) is 32.4 Å². The van der Waals surface area contributed by atoms with Crippen LogP contribution in [0.4, 0.5) is 5.69 Å². The summed E-state index contributed by atoms with van der Waals surface area (Å²) in [6.07, 6.45) is 1.12. The normalized spacial score (nSPS) is 17.5. The fourth-order valence-electron chi connectivity index (χ4n) is 2.06. The lowest BCUT2D eigenvalue weighted by Crippen LogP contribution is -2.44. The second-order valence-corrected chi connectivity index (χ2v) is 5.96. The van der Waals surface area contributed by atoms with Gasteiger partial charge in [-0.1, -0.05) is 30.3 Å². The van der Waals surface area contributed by atoms with Crippen LogP contribution < -0.4 is 9.03 Å². The molecular weight excluding hydrogens is 266 g/mol. The van der Waals surface area contributed by atoms with E-state index in [1.807, 2.05) is 6.92 Å². The predicted octanol–water partition coefficient (Wildman–Crippen LogP) is 1.32. The zero-order valence-electron chi connectivity index (χ0n) is 10.7. The first-order valence-electron chi connectivity index (χ1n) is 6.18. The SMILES string of the molecule is CCCNS(=O)(=O)N1CC/C(=N/O)c2ccccc21. The summed E-state index contributed by atoms with van der Waals surface area (Å²) < 4.78 is 28.3. The minimum Gasteiger partial charge on any atom is -0.411 e. The van der Waals surface area contributed by atoms with Gasteiger partial charge >= 0.3 is 10.2 Å². The first-order valence-corrected chi connectivity index (χ1v) is 7.62. The lowest BCUT2D eigenvalue weighted by molar-refractivity contribution is 0.318. The number of benzene rings is 1. The number of hydrogen-bond donors (Lipinski definition) is 2. The molecule has 0 amide bonds. The number of para-hydroxylation sites is 1. The van der Waals surface area contributed by atoms with Crippen LogP contribution in [-0.2, 0) is 10.2 Å². The number of hydrogen-bond acceptors (Lipinski definition) is 4. The molecule has 104 valence electrons. The summed E-state index contributed by atoms with van der Waals surface area (Å²) in [5, 5.41) is 12.2. The maximum atomic E-state index is 12.2. The van der Waals surface area contributed by atoms with E-state index in [2.05, 4.69) is 9.88 Å². The van der Waals surface area contributed by atoms with Gasteiger partial charge in [-0.25, -0.2) is 0 Å². The molecule has 0 radical (unpaired) electrons. The first-order chi connectivity index (χ1) is 9.10. The molecule has 6 nitrogen and oxygen atoms in total. The van der Waals surface area contributed by atoms with Crippen molar-refractivity contribution in [2.24, 2.45) is 5.16 Å². The Hall–Kier alpha value is -1.60. The van der Waals surface area contributed by atoms with E-state index in [0.29, 0.717) is 29.9 Å². The standard InChI is InChI=1S/C12H17N3O3S/c1-2-8-13-19(17,18)15-9-7-11(14-16)10-5-3-4-6-12(10)15/h3-6,13,16H,2,7-9H2,1H3/b14-11-. The molecule has 0 aromatic heterocycles. The van der Waals surface area contributed by atoms with Crippen LogP contribution in [0.2, 0.25) is 0 Å². The fraction of sp³-hybridized carbons (Fsp3) is 0.417. The first kappa shape index (κ1) is 13.8. The van der Waals surface area contributed by atoms with Crippen molar-refractivity contribution >= 4 is 21.6 Å². The highest BCUT2D eigenvalue weighted by Gasteiger charge is 2.29. The number of nitrogens with one attached hydrogen (secondary N) is 1. The number of fused-ring (bicyclic) bond motifs is 1. The lowest BCUT2D eigenvalue weighted by Gasteiger charge is -2.30. The van der Waals surface area contributed by atoms with Crippen molar-refractivity contribution < 1.29 is 13.6 Å². The van der Waals surface area contributed by atoms with E-state index in [1.165, 1.54) is 4.31 Å². The quantitative estimate of drug-likeness (QED) is 0.646. The molecule has 0 aliphatic carbocycles. The summed E-state index contributed by atoms with van der Waals surface area (Å²) in [5.41, 5.74) is 1.71. The van der Waals surface area contributed by atoms with Gasteiger partial charge in [-0.2, -0.15) is 13.1 Å². The molecule has 0 fully saturated rings. The Kier molecular flexibility index (Phi) is 4.06. The predicted molar refractivity (Wildman–Crippen MR) is 73.9 cm³/mol. The third-order valence-corrected chi connectivity index (χ3v) is 4.51. The number of oxime groups is 1. The highest BCUT2D eigenvalue weighted by molar-refractivity contribution is 7.90. The van der Waals surface area contributed by atoms with Crippen molar-refractivity contribution in [3.63, 3.8) is 0 Å². The van der Waals surface area contributed by atoms with Gasteiger partial charge in [0.1, 0.15) is 0 Å². The van der Waals surface area contributed by atoms with Crippen LogP contribution in [0.1, 0.15) is 25.3 Å². The summed E-state index contributed by atoms with van der Waals surface area (Å²) in [6.45, 7) is 2.58. The molecule has 1 aliphatic heterocycles. The van der Waals surface area contributed by atoms with Gasteiger partial charge in [-0.3, -0.25) is 4.31 Å². The second-order valence-electron chi connectivity index (χ2n) is 4.29. The van der Waals surface area contributed by atoms with Crippen LogP contribution in [0.15, 0.2) is 29.4 Å². The topological polar surface area (TPSA) is 82.0 Å². The third kappa shape index (κ3) is 2.71. The molecule has 0 spiro atoms. The molecular formula is C12H17N3O3S.